The molecule has 24 heavy (non-hydrogen) atoms. The summed E-state index contributed by atoms with van der Waals surface area (Å²) in [7, 11) is 0. The second-order valence-electron chi connectivity index (χ2n) is 5.21. The van der Waals surface area contributed by atoms with E-state index in [4.69, 9.17) is 4.74 Å². The first-order chi connectivity index (χ1) is 11.4. The van der Waals surface area contributed by atoms with Gasteiger partial charge in [0.05, 0.1) is 19.3 Å². The van der Waals surface area contributed by atoms with Crippen molar-refractivity contribution in [2.24, 2.45) is 0 Å². The highest BCUT2D eigenvalue weighted by Crippen LogP contribution is 2.24. The number of carbonyl (C=O) groups is 1. The molecule has 1 fully saturated rings. The first-order valence-electron chi connectivity index (χ1n) is 7.12. The van der Waals surface area contributed by atoms with Gasteiger partial charge in [0.15, 0.2) is 0 Å². The number of benzene rings is 1. The van der Waals surface area contributed by atoms with E-state index in [1.54, 1.807) is 29.4 Å². The van der Waals surface area contributed by atoms with Crippen LogP contribution in [0.15, 0.2) is 48.8 Å². The van der Waals surface area contributed by atoms with Crippen molar-refractivity contribution in [1.82, 2.24) is 9.88 Å². The van der Waals surface area contributed by atoms with E-state index in [9.17, 15) is 18.0 Å². The number of rotatable bonds is 4. The number of pyridine rings is 1. The van der Waals surface area contributed by atoms with Gasteiger partial charge in [-0.2, -0.15) is 0 Å². The summed E-state index contributed by atoms with van der Waals surface area (Å²) in [5, 5.41) is 0. The Hall–Kier alpha value is -2.77. The smallest absolute Gasteiger partial charge is 0.485 e. The zero-order chi connectivity index (χ0) is 17.2. The number of ether oxygens (including phenoxy) is 2. The molecular formula is C16H13F3N2O3. The molecule has 1 aromatic carbocycles. The van der Waals surface area contributed by atoms with E-state index in [1.165, 1.54) is 12.1 Å². The Balaban J connectivity index is 1.53. The molecule has 0 bridgehead atoms. The molecule has 0 unspecified atom stereocenters. The molecule has 1 aliphatic rings. The van der Waals surface area contributed by atoms with E-state index in [2.05, 4.69) is 9.72 Å². The van der Waals surface area contributed by atoms with Crippen molar-refractivity contribution in [1.29, 1.82) is 0 Å². The maximum Gasteiger partial charge on any atom is 0.573 e. The fraction of sp³-hybridized carbons (Fsp3) is 0.250. The molecule has 1 aliphatic heterocycles. The predicted molar refractivity (Wildman–Crippen MR) is 77.7 cm³/mol. The summed E-state index contributed by atoms with van der Waals surface area (Å²) in [5.74, 6) is 0.00305. The number of carbonyl (C=O) groups excluding carboxylic acids is 1. The monoisotopic (exact) mass is 338 g/mol. The van der Waals surface area contributed by atoms with Gasteiger partial charge in [-0.05, 0) is 36.4 Å². The van der Waals surface area contributed by atoms with Crippen LogP contribution in [0.5, 0.6) is 11.5 Å². The van der Waals surface area contributed by atoms with Gasteiger partial charge in [-0.3, -0.25) is 9.78 Å². The van der Waals surface area contributed by atoms with Crippen LogP contribution in [0.4, 0.5) is 13.2 Å². The van der Waals surface area contributed by atoms with E-state index in [0.29, 0.717) is 24.4 Å². The second-order valence-corrected chi connectivity index (χ2v) is 5.21. The molecule has 2 heterocycles. The fourth-order valence-electron chi connectivity index (χ4n) is 2.27. The van der Waals surface area contributed by atoms with Crippen molar-refractivity contribution in [3.8, 4) is 11.5 Å². The quantitative estimate of drug-likeness (QED) is 0.860. The number of hydrogen-bond acceptors (Lipinski definition) is 4. The van der Waals surface area contributed by atoms with Gasteiger partial charge >= 0.3 is 6.36 Å². The van der Waals surface area contributed by atoms with Crippen LogP contribution < -0.4 is 9.47 Å². The molecule has 0 N–H and O–H groups in total. The first-order valence-corrected chi connectivity index (χ1v) is 7.12. The molecule has 5 nitrogen and oxygen atoms in total. The number of likely N-dealkylation sites (tertiary alicyclic amines) is 1. The number of nitrogens with zero attached hydrogens (tertiary/aromatic N) is 2. The van der Waals surface area contributed by atoms with Crippen LogP contribution >= 0.6 is 0 Å². The molecule has 126 valence electrons. The average molecular weight is 338 g/mol. The Labute approximate surface area is 135 Å². The molecule has 3 rings (SSSR count). The normalized spacial score (nSPS) is 14.9. The van der Waals surface area contributed by atoms with Crippen LogP contribution in [0.25, 0.3) is 0 Å². The Morgan fingerprint density at radius 3 is 2.42 bits per heavy atom. The molecule has 0 radical (unpaired) electrons. The summed E-state index contributed by atoms with van der Waals surface area (Å²) in [6.45, 7) is 0.822. The van der Waals surface area contributed by atoms with Gasteiger partial charge in [0.1, 0.15) is 17.6 Å². The van der Waals surface area contributed by atoms with Crippen molar-refractivity contribution < 1.29 is 27.4 Å². The van der Waals surface area contributed by atoms with Gasteiger partial charge < -0.3 is 14.4 Å². The molecule has 0 atom stereocenters. The summed E-state index contributed by atoms with van der Waals surface area (Å²) < 4.78 is 45.7. The van der Waals surface area contributed by atoms with Gasteiger partial charge in [-0.1, -0.05) is 0 Å². The maximum absolute atomic E-state index is 12.2. The minimum absolute atomic E-state index is 0.119. The average Bonchev–Trinajstić information content (AvgIpc) is 2.50. The van der Waals surface area contributed by atoms with Crippen molar-refractivity contribution in [2.45, 2.75) is 12.5 Å². The van der Waals surface area contributed by atoms with E-state index in [-0.39, 0.29) is 17.8 Å². The summed E-state index contributed by atoms with van der Waals surface area (Å²) in [4.78, 5) is 17.7. The highest BCUT2D eigenvalue weighted by molar-refractivity contribution is 5.94. The van der Waals surface area contributed by atoms with Gasteiger partial charge in [-0.15, -0.1) is 13.2 Å². The van der Waals surface area contributed by atoms with Gasteiger partial charge in [-0.25, -0.2) is 0 Å². The number of aromatic nitrogens is 1. The largest absolute Gasteiger partial charge is 0.573 e. The minimum atomic E-state index is -4.75. The third-order valence-electron chi connectivity index (χ3n) is 3.41. The lowest BCUT2D eigenvalue weighted by molar-refractivity contribution is -0.274. The van der Waals surface area contributed by atoms with Crippen molar-refractivity contribution >= 4 is 5.91 Å². The Bertz CT molecular complexity index is 699. The van der Waals surface area contributed by atoms with Gasteiger partial charge in [0.2, 0.25) is 0 Å². The molecule has 2 aromatic rings. The lowest BCUT2D eigenvalue weighted by atomic mass is 10.1. The van der Waals surface area contributed by atoms with Crippen LogP contribution in [0, 0.1) is 0 Å². The van der Waals surface area contributed by atoms with Gasteiger partial charge in [0, 0.05) is 11.8 Å². The Morgan fingerprint density at radius 1 is 1.12 bits per heavy atom. The number of alkyl halides is 3. The first kappa shape index (κ1) is 16.1. The molecule has 1 amide bonds. The Kier molecular flexibility index (Phi) is 4.28. The lowest BCUT2D eigenvalue weighted by Gasteiger charge is -2.38. The SMILES string of the molecule is O=C(c1ccc(OC(F)(F)F)cc1)N1CC(Oc2cccnc2)C1. The summed E-state index contributed by atoms with van der Waals surface area (Å²) >= 11 is 0. The lowest BCUT2D eigenvalue weighted by Crippen LogP contribution is -2.56. The number of amides is 1. The van der Waals surface area contributed by atoms with Crippen LogP contribution in [0.2, 0.25) is 0 Å². The molecule has 1 saturated heterocycles. The third-order valence-corrected chi connectivity index (χ3v) is 3.41. The zero-order valence-electron chi connectivity index (χ0n) is 12.4. The van der Waals surface area contributed by atoms with E-state index in [1.807, 2.05) is 0 Å². The highest BCUT2D eigenvalue weighted by Gasteiger charge is 2.33. The van der Waals surface area contributed by atoms with Crippen molar-refractivity contribution in [2.75, 3.05) is 13.1 Å². The van der Waals surface area contributed by atoms with Crippen LogP contribution in [0.1, 0.15) is 10.4 Å². The van der Waals surface area contributed by atoms with Crippen LogP contribution in [-0.2, 0) is 0 Å². The molecule has 0 aliphatic carbocycles. The van der Waals surface area contributed by atoms with E-state index >= 15 is 0 Å². The third kappa shape index (κ3) is 3.95. The predicted octanol–water partition coefficient (Wildman–Crippen LogP) is 2.88. The van der Waals surface area contributed by atoms with Crippen molar-refractivity contribution in [3.63, 3.8) is 0 Å². The Morgan fingerprint density at radius 2 is 1.83 bits per heavy atom. The standard InChI is InChI=1S/C16H13F3N2O3/c17-16(18,19)24-12-5-3-11(4-6-12)15(22)21-9-14(10-21)23-13-2-1-7-20-8-13/h1-8,14H,9-10H2. The minimum Gasteiger partial charge on any atom is -0.485 e. The number of hydrogen-bond donors (Lipinski definition) is 0. The summed E-state index contributed by atoms with van der Waals surface area (Å²) in [6, 6.07) is 8.37. The van der Waals surface area contributed by atoms with Crippen molar-refractivity contribution in [3.05, 3.63) is 54.4 Å². The topological polar surface area (TPSA) is 51.7 Å². The summed E-state index contributed by atoms with van der Waals surface area (Å²) in [5.41, 5.74) is 0.296. The maximum atomic E-state index is 12.2. The highest BCUT2D eigenvalue weighted by atomic mass is 19.4. The molecular weight excluding hydrogens is 325 g/mol. The van der Waals surface area contributed by atoms with Gasteiger partial charge in [0.25, 0.3) is 5.91 Å². The molecule has 0 saturated carbocycles. The zero-order valence-corrected chi connectivity index (χ0v) is 12.4. The van der Waals surface area contributed by atoms with E-state index < -0.39 is 6.36 Å². The molecule has 8 heteroatoms. The summed E-state index contributed by atoms with van der Waals surface area (Å²) in [6.07, 6.45) is -1.65. The fourth-order valence-corrected chi connectivity index (χ4v) is 2.27. The van der Waals surface area contributed by atoms with E-state index in [0.717, 1.165) is 12.1 Å². The molecule has 1 aromatic heterocycles. The second kappa shape index (κ2) is 6.38. The van der Waals surface area contributed by atoms with Crippen LogP contribution in [-0.4, -0.2) is 41.3 Å². The van der Waals surface area contributed by atoms with Crippen LogP contribution in [0.3, 0.4) is 0 Å². The number of halogens is 3. The molecule has 0 spiro atoms.